The fourth-order valence-corrected chi connectivity index (χ4v) is 3.09. The fourth-order valence-electron chi connectivity index (χ4n) is 2.75. The Morgan fingerprint density at radius 3 is 1.53 bits per heavy atom. The van der Waals surface area contributed by atoms with E-state index in [-0.39, 0.29) is 0 Å². The first-order chi connectivity index (χ1) is 14.4. The Morgan fingerprint density at radius 1 is 0.700 bits per heavy atom. The van der Waals surface area contributed by atoms with Crippen LogP contribution in [-0.2, 0) is 0 Å². The van der Waals surface area contributed by atoms with Crippen molar-refractivity contribution in [2.24, 2.45) is 0 Å². The molecule has 3 rings (SSSR count). The van der Waals surface area contributed by atoms with E-state index in [1.807, 2.05) is 0 Å². The van der Waals surface area contributed by atoms with Gasteiger partial charge in [-0.15, -0.1) is 0 Å². The maximum absolute atomic E-state index is 12.7. The first-order valence-corrected chi connectivity index (χ1v) is 9.56. The Labute approximate surface area is 183 Å². The highest BCUT2D eigenvalue weighted by molar-refractivity contribution is 6.31. The van der Waals surface area contributed by atoms with Crippen LogP contribution in [0.15, 0.2) is 60.7 Å². The minimum Gasteiger partial charge on any atom is -0.495 e. The van der Waals surface area contributed by atoms with E-state index in [2.05, 4.69) is 10.6 Å². The Morgan fingerprint density at radius 2 is 1.13 bits per heavy atom. The van der Waals surface area contributed by atoms with Crippen LogP contribution in [0.2, 0.25) is 10.0 Å². The fraction of sp³-hybridized carbons (Fsp3) is 0.0909. The summed E-state index contributed by atoms with van der Waals surface area (Å²) in [5, 5.41) is 6.39. The normalized spacial score (nSPS) is 10.3. The van der Waals surface area contributed by atoms with Crippen LogP contribution in [0, 0.1) is 0 Å². The Bertz CT molecular complexity index is 1020. The second-order valence-electron chi connectivity index (χ2n) is 6.18. The summed E-state index contributed by atoms with van der Waals surface area (Å²) in [5.74, 6) is 0.112. The van der Waals surface area contributed by atoms with Crippen molar-refractivity contribution in [2.75, 3.05) is 24.9 Å². The maximum Gasteiger partial charge on any atom is 0.255 e. The highest BCUT2D eigenvalue weighted by atomic mass is 35.5. The second-order valence-corrected chi connectivity index (χ2v) is 7.05. The molecule has 0 saturated carbocycles. The standard InChI is InChI=1S/C22H18Cl2N2O4/c1-29-19-8-6-15(23)11-17(19)25-21(27)13-4-3-5-14(10-13)22(28)26-18-12-16(24)7-9-20(18)30-2/h3-12H,1-2H3,(H,25,27)(H,26,28). The van der Waals surface area contributed by atoms with Gasteiger partial charge in [-0.3, -0.25) is 9.59 Å². The van der Waals surface area contributed by atoms with Crippen molar-refractivity contribution in [1.29, 1.82) is 0 Å². The van der Waals surface area contributed by atoms with Gasteiger partial charge in [-0.05, 0) is 54.6 Å². The molecule has 0 unspecified atom stereocenters. The van der Waals surface area contributed by atoms with Crippen LogP contribution < -0.4 is 20.1 Å². The monoisotopic (exact) mass is 444 g/mol. The number of halogens is 2. The summed E-state index contributed by atoms with van der Waals surface area (Å²) in [5.41, 5.74) is 1.44. The number of carbonyl (C=O) groups excluding carboxylic acids is 2. The number of carbonyl (C=O) groups is 2. The minimum atomic E-state index is -0.412. The predicted molar refractivity (Wildman–Crippen MR) is 118 cm³/mol. The lowest BCUT2D eigenvalue weighted by Crippen LogP contribution is -2.16. The molecule has 154 valence electrons. The molecule has 0 aromatic heterocycles. The molecule has 0 aliphatic carbocycles. The molecule has 3 aromatic carbocycles. The summed E-state index contributed by atoms with van der Waals surface area (Å²) in [6.07, 6.45) is 0. The number of hydrogen-bond acceptors (Lipinski definition) is 4. The molecule has 2 N–H and O–H groups in total. The minimum absolute atomic E-state index is 0.294. The van der Waals surface area contributed by atoms with E-state index in [9.17, 15) is 9.59 Å². The van der Waals surface area contributed by atoms with Crippen LogP contribution in [0.25, 0.3) is 0 Å². The van der Waals surface area contributed by atoms with Crippen molar-refractivity contribution >= 4 is 46.4 Å². The third kappa shape index (κ3) is 5.03. The third-order valence-electron chi connectivity index (χ3n) is 4.21. The molecule has 30 heavy (non-hydrogen) atoms. The quantitative estimate of drug-likeness (QED) is 0.524. The van der Waals surface area contributed by atoms with Crippen molar-refractivity contribution in [3.05, 3.63) is 81.8 Å². The van der Waals surface area contributed by atoms with Gasteiger partial charge >= 0.3 is 0 Å². The molecule has 0 heterocycles. The van der Waals surface area contributed by atoms with Gasteiger partial charge in [0.05, 0.1) is 25.6 Å². The van der Waals surface area contributed by atoms with Crippen LogP contribution in [0.1, 0.15) is 20.7 Å². The highest BCUT2D eigenvalue weighted by Crippen LogP contribution is 2.29. The van der Waals surface area contributed by atoms with Gasteiger partial charge in [0.15, 0.2) is 0 Å². The molecule has 6 nitrogen and oxygen atoms in total. The van der Waals surface area contributed by atoms with E-state index < -0.39 is 11.8 Å². The average Bonchev–Trinajstić information content (AvgIpc) is 2.74. The Kier molecular flexibility index (Phi) is 6.82. The maximum atomic E-state index is 12.7. The van der Waals surface area contributed by atoms with Gasteiger partial charge in [0.1, 0.15) is 11.5 Å². The summed E-state index contributed by atoms with van der Waals surface area (Å²) >= 11 is 12.0. The van der Waals surface area contributed by atoms with Crippen LogP contribution in [0.5, 0.6) is 11.5 Å². The van der Waals surface area contributed by atoms with Crippen LogP contribution in [0.4, 0.5) is 11.4 Å². The van der Waals surface area contributed by atoms with Crippen molar-refractivity contribution in [3.63, 3.8) is 0 Å². The highest BCUT2D eigenvalue weighted by Gasteiger charge is 2.15. The Balaban J connectivity index is 1.81. The van der Waals surface area contributed by atoms with Gasteiger partial charge in [-0.2, -0.15) is 0 Å². The lowest BCUT2D eigenvalue weighted by molar-refractivity contribution is 0.102. The first kappa shape index (κ1) is 21.5. The van der Waals surface area contributed by atoms with E-state index >= 15 is 0 Å². The molecule has 0 atom stereocenters. The number of anilines is 2. The number of hydrogen-bond donors (Lipinski definition) is 2. The molecule has 0 fully saturated rings. The van der Waals surface area contributed by atoms with Crippen molar-refractivity contribution in [2.45, 2.75) is 0 Å². The SMILES string of the molecule is COc1ccc(Cl)cc1NC(=O)c1cccc(C(=O)Nc2cc(Cl)ccc2OC)c1. The molecule has 0 radical (unpaired) electrons. The van der Waals surface area contributed by atoms with Gasteiger partial charge in [0, 0.05) is 21.2 Å². The zero-order valence-corrected chi connectivity index (χ0v) is 17.7. The summed E-state index contributed by atoms with van der Waals surface area (Å²) in [4.78, 5) is 25.4. The topological polar surface area (TPSA) is 76.7 Å². The van der Waals surface area contributed by atoms with E-state index in [4.69, 9.17) is 32.7 Å². The third-order valence-corrected chi connectivity index (χ3v) is 4.68. The largest absolute Gasteiger partial charge is 0.495 e. The second kappa shape index (κ2) is 9.52. The van der Waals surface area contributed by atoms with Gasteiger partial charge in [-0.25, -0.2) is 0 Å². The van der Waals surface area contributed by atoms with E-state index in [0.717, 1.165) is 0 Å². The average molecular weight is 445 g/mol. The van der Waals surface area contributed by atoms with Crippen LogP contribution in [0.3, 0.4) is 0 Å². The molecular weight excluding hydrogens is 427 g/mol. The molecule has 3 aromatic rings. The summed E-state index contributed by atoms with van der Waals surface area (Å²) in [7, 11) is 2.99. The number of methoxy groups -OCH3 is 2. The smallest absolute Gasteiger partial charge is 0.255 e. The summed E-state index contributed by atoms with van der Waals surface area (Å²) in [6, 6.07) is 16.1. The summed E-state index contributed by atoms with van der Waals surface area (Å²) in [6.45, 7) is 0. The molecule has 0 spiro atoms. The molecule has 0 bridgehead atoms. The number of amides is 2. The van der Waals surface area contributed by atoms with E-state index in [0.29, 0.717) is 44.0 Å². The first-order valence-electron chi connectivity index (χ1n) is 8.81. The molecule has 8 heteroatoms. The van der Waals surface area contributed by atoms with Crippen LogP contribution >= 0.6 is 23.2 Å². The van der Waals surface area contributed by atoms with Gasteiger partial charge in [-0.1, -0.05) is 29.3 Å². The molecular formula is C22H18Cl2N2O4. The molecule has 2 amide bonds. The molecule has 0 saturated heterocycles. The van der Waals surface area contributed by atoms with Gasteiger partial charge < -0.3 is 20.1 Å². The summed E-state index contributed by atoms with van der Waals surface area (Å²) < 4.78 is 10.5. The number of rotatable bonds is 6. The number of benzene rings is 3. The Hall–Kier alpha value is -3.22. The van der Waals surface area contributed by atoms with Crippen molar-refractivity contribution in [3.8, 4) is 11.5 Å². The predicted octanol–water partition coefficient (Wildman–Crippen LogP) is 5.52. The van der Waals surface area contributed by atoms with E-state index in [1.54, 1.807) is 54.6 Å². The van der Waals surface area contributed by atoms with Crippen molar-refractivity contribution < 1.29 is 19.1 Å². The van der Waals surface area contributed by atoms with Gasteiger partial charge in [0.2, 0.25) is 0 Å². The van der Waals surface area contributed by atoms with Gasteiger partial charge in [0.25, 0.3) is 11.8 Å². The lowest BCUT2D eigenvalue weighted by atomic mass is 10.1. The number of ether oxygens (including phenoxy) is 2. The molecule has 0 aliphatic rings. The zero-order valence-electron chi connectivity index (χ0n) is 16.2. The molecule has 0 aliphatic heterocycles. The van der Waals surface area contributed by atoms with E-state index in [1.165, 1.54) is 20.3 Å². The number of nitrogens with one attached hydrogen (secondary N) is 2. The van der Waals surface area contributed by atoms with Crippen molar-refractivity contribution in [1.82, 2.24) is 0 Å². The zero-order chi connectivity index (χ0) is 21.7. The van der Waals surface area contributed by atoms with Crippen LogP contribution in [-0.4, -0.2) is 26.0 Å². The lowest BCUT2D eigenvalue weighted by Gasteiger charge is -2.12.